The van der Waals surface area contributed by atoms with Gasteiger partial charge in [0.05, 0.1) is 6.33 Å². The standard InChI is InChI=1S/C14H19N5O/c1-15-13-10-12(4-6-17-13)14(20)18-5-2-3-8-19-9-7-16-11-19/h4,6-7,9-11H,2-3,5,8H2,1H3,(H,15,17)(H,18,20). The van der Waals surface area contributed by atoms with Crippen LogP contribution in [0.4, 0.5) is 5.82 Å². The molecule has 1 amide bonds. The van der Waals surface area contributed by atoms with Crippen LogP contribution >= 0.6 is 0 Å². The summed E-state index contributed by atoms with van der Waals surface area (Å²) in [4.78, 5) is 20.0. The van der Waals surface area contributed by atoms with E-state index in [9.17, 15) is 4.79 Å². The third kappa shape index (κ3) is 4.08. The first-order valence-electron chi connectivity index (χ1n) is 6.67. The zero-order chi connectivity index (χ0) is 14.2. The highest BCUT2D eigenvalue weighted by Crippen LogP contribution is 2.05. The SMILES string of the molecule is CNc1cc(C(=O)NCCCCn2ccnc2)ccn1. The van der Waals surface area contributed by atoms with Gasteiger partial charge in [-0.25, -0.2) is 9.97 Å². The normalized spacial score (nSPS) is 10.2. The maximum absolute atomic E-state index is 11.9. The molecule has 0 radical (unpaired) electrons. The summed E-state index contributed by atoms with van der Waals surface area (Å²) >= 11 is 0. The first kappa shape index (κ1) is 14.0. The fourth-order valence-corrected chi connectivity index (χ4v) is 1.85. The molecule has 2 aromatic rings. The first-order valence-corrected chi connectivity index (χ1v) is 6.67. The molecule has 0 aliphatic carbocycles. The minimum Gasteiger partial charge on any atom is -0.373 e. The molecule has 0 fully saturated rings. The van der Waals surface area contributed by atoms with E-state index in [2.05, 4.69) is 20.6 Å². The summed E-state index contributed by atoms with van der Waals surface area (Å²) in [6.07, 6.45) is 9.08. The van der Waals surface area contributed by atoms with Crippen LogP contribution in [-0.2, 0) is 6.54 Å². The van der Waals surface area contributed by atoms with E-state index in [0.717, 1.165) is 19.4 Å². The molecule has 0 aliphatic rings. The fourth-order valence-electron chi connectivity index (χ4n) is 1.85. The van der Waals surface area contributed by atoms with Crippen molar-refractivity contribution in [1.82, 2.24) is 19.9 Å². The van der Waals surface area contributed by atoms with Crippen LogP contribution in [-0.4, -0.2) is 34.0 Å². The summed E-state index contributed by atoms with van der Waals surface area (Å²) in [7, 11) is 1.78. The molecule has 2 heterocycles. The van der Waals surface area contributed by atoms with Crippen LogP contribution in [0.15, 0.2) is 37.1 Å². The molecule has 0 atom stereocenters. The maximum Gasteiger partial charge on any atom is 0.251 e. The van der Waals surface area contributed by atoms with Gasteiger partial charge in [-0.15, -0.1) is 0 Å². The molecule has 0 aromatic carbocycles. The lowest BCUT2D eigenvalue weighted by Gasteiger charge is -2.06. The van der Waals surface area contributed by atoms with Crippen LogP contribution in [0.25, 0.3) is 0 Å². The van der Waals surface area contributed by atoms with Gasteiger partial charge in [-0.3, -0.25) is 4.79 Å². The highest BCUT2D eigenvalue weighted by atomic mass is 16.1. The lowest BCUT2D eigenvalue weighted by molar-refractivity contribution is 0.0953. The molecule has 0 bridgehead atoms. The van der Waals surface area contributed by atoms with Crippen molar-refractivity contribution in [2.75, 3.05) is 18.9 Å². The molecule has 2 N–H and O–H groups in total. The quantitative estimate of drug-likeness (QED) is 0.750. The summed E-state index contributed by atoms with van der Waals surface area (Å²) in [5.41, 5.74) is 0.624. The molecule has 6 heteroatoms. The Balaban J connectivity index is 1.69. The van der Waals surface area contributed by atoms with Gasteiger partial charge in [-0.05, 0) is 25.0 Å². The molecule has 2 rings (SSSR count). The van der Waals surface area contributed by atoms with Gasteiger partial charge in [0.2, 0.25) is 0 Å². The smallest absolute Gasteiger partial charge is 0.251 e. The predicted molar refractivity (Wildman–Crippen MR) is 77.6 cm³/mol. The Morgan fingerprint density at radius 1 is 1.35 bits per heavy atom. The predicted octanol–water partition coefficient (Wildman–Crippen LogP) is 1.53. The van der Waals surface area contributed by atoms with Gasteiger partial charge in [-0.1, -0.05) is 0 Å². The second-order valence-electron chi connectivity index (χ2n) is 4.44. The number of hydrogen-bond donors (Lipinski definition) is 2. The zero-order valence-electron chi connectivity index (χ0n) is 11.5. The summed E-state index contributed by atoms with van der Waals surface area (Å²) in [6, 6.07) is 3.45. The Kier molecular flexibility index (Phi) is 5.11. The van der Waals surface area contributed by atoms with E-state index in [0.29, 0.717) is 17.9 Å². The van der Waals surface area contributed by atoms with Gasteiger partial charge >= 0.3 is 0 Å². The van der Waals surface area contributed by atoms with Crippen molar-refractivity contribution in [3.8, 4) is 0 Å². The van der Waals surface area contributed by atoms with E-state index < -0.39 is 0 Å². The fraction of sp³-hybridized carbons (Fsp3) is 0.357. The second-order valence-corrected chi connectivity index (χ2v) is 4.44. The van der Waals surface area contributed by atoms with Crippen molar-refractivity contribution in [3.05, 3.63) is 42.6 Å². The van der Waals surface area contributed by atoms with Gasteiger partial charge in [0.25, 0.3) is 5.91 Å². The van der Waals surface area contributed by atoms with Crippen molar-refractivity contribution in [2.24, 2.45) is 0 Å². The average molecular weight is 273 g/mol. The van der Waals surface area contributed by atoms with Gasteiger partial charge in [0, 0.05) is 44.3 Å². The lowest BCUT2D eigenvalue weighted by Crippen LogP contribution is -2.24. The Hall–Kier alpha value is -2.37. The van der Waals surface area contributed by atoms with Crippen LogP contribution in [0, 0.1) is 0 Å². The van der Waals surface area contributed by atoms with E-state index in [1.807, 2.05) is 10.8 Å². The van der Waals surface area contributed by atoms with Crippen LogP contribution in [0.1, 0.15) is 23.2 Å². The third-order valence-corrected chi connectivity index (χ3v) is 2.97. The van der Waals surface area contributed by atoms with E-state index in [1.54, 1.807) is 37.9 Å². The number of anilines is 1. The van der Waals surface area contributed by atoms with Crippen LogP contribution in [0.3, 0.4) is 0 Å². The monoisotopic (exact) mass is 273 g/mol. The molecular formula is C14H19N5O. The minimum atomic E-state index is -0.0634. The number of hydrogen-bond acceptors (Lipinski definition) is 4. The Bertz CT molecular complexity index is 538. The lowest BCUT2D eigenvalue weighted by atomic mass is 10.2. The Labute approximate surface area is 118 Å². The molecule has 0 aliphatic heterocycles. The number of carbonyl (C=O) groups excluding carboxylic acids is 1. The van der Waals surface area contributed by atoms with Gasteiger partial charge in [-0.2, -0.15) is 0 Å². The average Bonchev–Trinajstić information content (AvgIpc) is 3.00. The van der Waals surface area contributed by atoms with Crippen LogP contribution in [0.5, 0.6) is 0 Å². The molecule has 6 nitrogen and oxygen atoms in total. The highest BCUT2D eigenvalue weighted by molar-refractivity contribution is 5.94. The Morgan fingerprint density at radius 3 is 3.00 bits per heavy atom. The first-order chi connectivity index (χ1) is 9.79. The number of aromatic nitrogens is 3. The van der Waals surface area contributed by atoms with Gasteiger partial charge in [0.1, 0.15) is 5.82 Å². The van der Waals surface area contributed by atoms with E-state index in [4.69, 9.17) is 0 Å². The molecule has 2 aromatic heterocycles. The number of nitrogens with one attached hydrogen (secondary N) is 2. The molecule has 0 spiro atoms. The molecule has 0 saturated carbocycles. The van der Waals surface area contributed by atoms with Gasteiger partial charge in [0.15, 0.2) is 0 Å². The second kappa shape index (κ2) is 7.28. The van der Waals surface area contributed by atoms with Crippen molar-refractivity contribution < 1.29 is 4.79 Å². The number of amides is 1. The number of unbranched alkanes of at least 4 members (excludes halogenated alkanes) is 1. The topological polar surface area (TPSA) is 71.8 Å². The highest BCUT2D eigenvalue weighted by Gasteiger charge is 2.05. The summed E-state index contributed by atoms with van der Waals surface area (Å²) in [5.74, 6) is 0.629. The number of aryl methyl sites for hydroxylation is 1. The zero-order valence-corrected chi connectivity index (χ0v) is 11.5. The third-order valence-electron chi connectivity index (χ3n) is 2.97. The van der Waals surface area contributed by atoms with Crippen LogP contribution < -0.4 is 10.6 Å². The number of pyridine rings is 1. The van der Waals surface area contributed by atoms with Crippen molar-refractivity contribution in [2.45, 2.75) is 19.4 Å². The van der Waals surface area contributed by atoms with Crippen molar-refractivity contribution in [3.63, 3.8) is 0 Å². The minimum absolute atomic E-state index is 0.0634. The summed E-state index contributed by atoms with van der Waals surface area (Å²) in [5, 5.41) is 5.83. The largest absolute Gasteiger partial charge is 0.373 e. The van der Waals surface area contributed by atoms with Gasteiger partial charge < -0.3 is 15.2 Å². The molecular weight excluding hydrogens is 254 g/mol. The van der Waals surface area contributed by atoms with E-state index >= 15 is 0 Å². The molecule has 0 saturated heterocycles. The number of imidazole rings is 1. The van der Waals surface area contributed by atoms with Crippen LogP contribution in [0.2, 0.25) is 0 Å². The summed E-state index contributed by atoms with van der Waals surface area (Å²) < 4.78 is 2.03. The number of carbonyl (C=O) groups is 1. The maximum atomic E-state index is 11.9. The summed E-state index contributed by atoms with van der Waals surface area (Å²) in [6.45, 7) is 1.60. The van der Waals surface area contributed by atoms with Crippen molar-refractivity contribution in [1.29, 1.82) is 0 Å². The number of nitrogens with zero attached hydrogens (tertiary/aromatic N) is 3. The van der Waals surface area contributed by atoms with E-state index in [-0.39, 0.29) is 5.91 Å². The number of rotatable bonds is 7. The molecule has 0 unspecified atom stereocenters. The molecule has 20 heavy (non-hydrogen) atoms. The molecule has 106 valence electrons. The van der Waals surface area contributed by atoms with E-state index in [1.165, 1.54) is 0 Å². The Morgan fingerprint density at radius 2 is 2.25 bits per heavy atom. The van der Waals surface area contributed by atoms with Crippen molar-refractivity contribution >= 4 is 11.7 Å².